The van der Waals surface area contributed by atoms with Gasteiger partial charge in [-0.1, -0.05) is 0 Å². The van der Waals surface area contributed by atoms with Crippen molar-refractivity contribution in [2.24, 2.45) is 5.92 Å². The SMILES string of the molecule is CC(C#N)N(C)C(=O)CC1CCSCC1. The molecule has 1 amide bonds. The van der Waals surface area contributed by atoms with Crippen LogP contribution in [0.25, 0.3) is 0 Å². The predicted octanol–water partition coefficient (Wildman–Crippen LogP) is 1.89. The minimum absolute atomic E-state index is 0.112. The van der Waals surface area contributed by atoms with Gasteiger partial charge in [-0.2, -0.15) is 17.0 Å². The van der Waals surface area contributed by atoms with Gasteiger partial charge in [0, 0.05) is 13.5 Å². The van der Waals surface area contributed by atoms with Gasteiger partial charge in [-0.3, -0.25) is 4.79 Å². The number of thioether (sulfide) groups is 1. The van der Waals surface area contributed by atoms with Crippen LogP contribution in [0.4, 0.5) is 0 Å². The number of nitriles is 1. The largest absolute Gasteiger partial charge is 0.330 e. The summed E-state index contributed by atoms with van der Waals surface area (Å²) in [6, 6.07) is 1.77. The number of carbonyl (C=O) groups excluding carboxylic acids is 1. The quantitative estimate of drug-likeness (QED) is 0.738. The highest BCUT2D eigenvalue weighted by Crippen LogP contribution is 2.25. The second kappa shape index (κ2) is 6.02. The van der Waals surface area contributed by atoms with Gasteiger partial charge < -0.3 is 4.90 Å². The van der Waals surface area contributed by atoms with E-state index >= 15 is 0 Å². The van der Waals surface area contributed by atoms with Gasteiger partial charge in [0.05, 0.1) is 6.07 Å². The van der Waals surface area contributed by atoms with Gasteiger partial charge in [0.15, 0.2) is 0 Å². The maximum absolute atomic E-state index is 11.8. The molecule has 0 aromatic carbocycles. The van der Waals surface area contributed by atoms with E-state index in [0.29, 0.717) is 12.3 Å². The molecule has 1 aliphatic heterocycles. The molecular formula is C11H18N2OS. The van der Waals surface area contributed by atoms with Crippen LogP contribution in [0.2, 0.25) is 0 Å². The second-order valence-corrected chi connectivity index (χ2v) is 5.29. The lowest BCUT2D eigenvalue weighted by Crippen LogP contribution is -2.35. The summed E-state index contributed by atoms with van der Waals surface area (Å²) in [6.45, 7) is 1.76. The molecule has 0 N–H and O–H groups in total. The Morgan fingerprint density at radius 1 is 1.60 bits per heavy atom. The van der Waals surface area contributed by atoms with Gasteiger partial charge in [0.25, 0.3) is 0 Å². The Labute approximate surface area is 95.8 Å². The van der Waals surface area contributed by atoms with Crippen molar-refractivity contribution in [1.29, 1.82) is 5.26 Å². The van der Waals surface area contributed by atoms with Crippen LogP contribution in [0.3, 0.4) is 0 Å². The Hall–Kier alpha value is -0.690. The summed E-state index contributed by atoms with van der Waals surface area (Å²) in [4.78, 5) is 13.3. The number of carbonyl (C=O) groups is 1. The average molecular weight is 226 g/mol. The third kappa shape index (κ3) is 3.75. The molecule has 3 nitrogen and oxygen atoms in total. The maximum atomic E-state index is 11.8. The molecule has 84 valence electrons. The van der Waals surface area contributed by atoms with E-state index in [1.165, 1.54) is 11.5 Å². The summed E-state index contributed by atoms with van der Waals surface area (Å²) in [5.41, 5.74) is 0. The smallest absolute Gasteiger partial charge is 0.223 e. The lowest BCUT2D eigenvalue weighted by Gasteiger charge is -2.25. The molecule has 0 aromatic heterocycles. The molecule has 1 aliphatic rings. The summed E-state index contributed by atoms with van der Waals surface area (Å²) in [5, 5.41) is 8.71. The Kier molecular flexibility index (Phi) is 4.97. The standard InChI is InChI=1S/C11H18N2OS/c1-9(8-12)13(2)11(14)7-10-3-5-15-6-4-10/h9-10H,3-7H2,1-2H3. The van der Waals surface area contributed by atoms with Crippen molar-refractivity contribution in [3.8, 4) is 6.07 Å². The molecule has 0 radical (unpaired) electrons. The van der Waals surface area contributed by atoms with Crippen LogP contribution in [0.15, 0.2) is 0 Å². The molecule has 1 heterocycles. The van der Waals surface area contributed by atoms with Crippen molar-refractivity contribution in [2.45, 2.75) is 32.2 Å². The Balaban J connectivity index is 2.37. The Bertz CT molecular complexity index is 256. The summed E-state index contributed by atoms with van der Waals surface area (Å²) >= 11 is 1.97. The van der Waals surface area contributed by atoms with Gasteiger partial charge in [0.1, 0.15) is 6.04 Å². The van der Waals surface area contributed by atoms with E-state index in [1.54, 1.807) is 18.9 Å². The zero-order valence-corrected chi connectivity index (χ0v) is 10.2. The van der Waals surface area contributed by atoms with Crippen LogP contribution in [0, 0.1) is 17.2 Å². The average Bonchev–Trinajstić information content (AvgIpc) is 2.28. The fraction of sp³-hybridized carbons (Fsp3) is 0.818. The van der Waals surface area contributed by atoms with Crippen molar-refractivity contribution in [3.05, 3.63) is 0 Å². The van der Waals surface area contributed by atoms with Gasteiger partial charge in [-0.25, -0.2) is 0 Å². The van der Waals surface area contributed by atoms with Crippen molar-refractivity contribution in [2.75, 3.05) is 18.6 Å². The van der Waals surface area contributed by atoms with Crippen molar-refractivity contribution < 1.29 is 4.79 Å². The predicted molar refractivity (Wildman–Crippen MR) is 62.5 cm³/mol. The number of hydrogen-bond donors (Lipinski definition) is 0. The lowest BCUT2D eigenvalue weighted by molar-refractivity contribution is -0.131. The van der Waals surface area contributed by atoms with E-state index in [0.717, 1.165) is 12.8 Å². The van der Waals surface area contributed by atoms with E-state index in [-0.39, 0.29) is 11.9 Å². The zero-order valence-electron chi connectivity index (χ0n) is 9.40. The van der Waals surface area contributed by atoms with E-state index in [4.69, 9.17) is 5.26 Å². The summed E-state index contributed by atoms with van der Waals surface area (Å²) in [6.07, 6.45) is 2.90. The van der Waals surface area contributed by atoms with Crippen LogP contribution in [-0.2, 0) is 4.79 Å². The van der Waals surface area contributed by atoms with Gasteiger partial charge >= 0.3 is 0 Å². The van der Waals surface area contributed by atoms with Gasteiger partial charge in [0.2, 0.25) is 5.91 Å². The third-order valence-corrected chi connectivity index (χ3v) is 4.01. The molecule has 0 aliphatic carbocycles. The first-order chi connectivity index (χ1) is 7.15. The Morgan fingerprint density at radius 3 is 2.73 bits per heavy atom. The highest BCUT2D eigenvalue weighted by atomic mass is 32.2. The molecule has 0 spiro atoms. The second-order valence-electron chi connectivity index (χ2n) is 4.07. The fourth-order valence-electron chi connectivity index (χ4n) is 1.64. The number of hydrogen-bond acceptors (Lipinski definition) is 3. The molecule has 1 rings (SSSR count). The van der Waals surface area contributed by atoms with E-state index in [9.17, 15) is 4.79 Å². The minimum Gasteiger partial charge on any atom is -0.330 e. The van der Waals surface area contributed by atoms with Crippen LogP contribution in [-0.4, -0.2) is 35.4 Å². The molecule has 1 fully saturated rings. The van der Waals surface area contributed by atoms with Crippen LogP contribution < -0.4 is 0 Å². The van der Waals surface area contributed by atoms with E-state index in [1.807, 2.05) is 11.8 Å². The number of rotatable bonds is 3. The monoisotopic (exact) mass is 226 g/mol. The van der Waals surface area contributed by atoms with Crippen LogP contribution >= 0.6 is 11.8 Å². The van der Waals surface area contributed by atoms with E-state index < -0.39 is 0 Å². The lowest BCUT2D eigenvalue weighted by atomic mass is 9.98. The highest BCUT2D eigenvalue weighted by molar-refractivity contribution is 7.99. The van der Waals surface area contributed by atoms with Crippen molar-refractivity contribution in [3.63, 3.8) is 0 Å². The molecule has 1 unspecified atom stereocenters. The normalized spacial score (nSPS) is 19.3. The molecule has 1 atom stereocenters. The first-order valence-electron chi connectivity index (χ1n) is 5.38. The third-order valence-electron chi connectivity index (χ3n) is 2.97. The molecule has 15 heavy (non-hydrogen) atoms. The molecule has 0 bridgehead atoms. The van der Waals surface area contributed by atoms with Crippen LogP contribution in [0.1, 0.15) is 26.2 Å². The first-order valence-corrected chi connectivity index (χ1v) is 6.53. The fourth-order valence-corrected chi connectivity index (χ4v) is 2.85. The highest BCUT2D eigenvalue weighted by Gasteiger charge is 2.21. The van der Waals surface area contributed by atoms with Gasteiger partial charge in [-0.15, -0.1) is 0 Å². The summed E-state index contributed by atoms with van der Waals surface area (Å²) < 4.78 is 0. The minimum atomic E-state index is -0.310. The molecule has 0 saturated carbocycles. The summed E-state index contributed by atoms with van der Waals surface area (Å²) in [5.74, 6) is 3.00. The van der Waals surface area contributed by atoms with E-state index in [2.05, 4.69) is 6.07 Å². The summed E-state index contributed by atoms with van der Waals surface area (Å²) in [7, 11) is 1.72. The molecule has 1 saturated heterocycles. The number of nitrogens with zero attached hydrogens (tertiary/aromatic N) is 2. The Morgan fingerprint density at radius 2 is 2.20 bits per heavy atom. The van der Waals surface area contributed by atoms with Crippen molar-refractivity contribution in [1.82, 2.24) is 4.90 Å². The van der Waals surface area contributed by atoms with Crippen LogP contribution in [0.5, 0.6) is 0 Å². The topological polar surface area (TPSA) is 44.1 Å². The van der Waals surface area contributed by atoms with Gasteiger partial charge in [-0.05, 0) is 37.2 Å². The zero-order chi connectivity index (χ0) is 11.3. The number of amides is 1. The molecule has 4 heteroatoms. The molecule has 0 aromatic rings. The van der Waals surface area contributed by atoms with Crippen molar-refractivity contribution >= 4 is 17.7 Å². The maximum Gasteiger partial charge on any atom is 0.223 e. The molecular weight excluding hydrogens is 208 g/mol. The first kappa shape index (κ1) is 12.4.